The molecular formula is C14H18N2O3S. The predicted octanol–water partition coefficient (Wildman–Crippen LogP) is 1.15. The smallest absolute Gasteiger partial charge is 0.243 e. The van der Waals surface area contributed by atoms with Gasteiger partial charge in [0.25, 0.3) is 0 Å². The molecule has 1 N–H and O–H groups in total. The Morgan fingerprint density at radius 1 is 1.25 bits per heavy atom. The first-order valence-electron chi connectivity index (χ1n) is 6.65. The van der Waals surface area contributed by atoms with Gasteiger partial charge in [0.15, 0.2) is 0 Å². The molecule has 0 aromatic heterocycles. The predicted molar refractivity (Wildman–Crippen MR) is 74.3 cm³/mol. The Kier molecular flexibility index (Phi) is 4.76. The molecule has 1 saturated heterocycles. The van der Waals surface area contributed by atoms with E-state index in [1.165, 1.54) is 4.31 Å². The molecule has 0 aliphatic carbocycles. The van der Waals surface area contributed by atoms with Crippen LogP contribution in [-0.4, -0.2) is 37.5 Å². The largest absolute Gasteiger partial charge is 0.396 e. The SMILES string of the molecule is N#CCc1ccc(S(=O)(=O)N2CCC(CO)CC2)cc1. The fourth-order valence-electron chi connectivity index (χ4n) is 2.35. The Bertz CT molecular complexity index is 582. The maximum atomic E-state index is 12.4. The van der Waals surface area contributed by atoms with E-state index in [-0.39, 0.29) is 23.8 Å². The van der Waals surface area contributed by atoms with E-state index in [0.717, 1.165) is 5.56 Å². The first-order chi connectivity index (χ1) is 9.57. The van der Waals surface area contributed by atoms with Gasteiger partial charge in [0.1, 0.15) is 0 Å². The van der Waals surface area contributed by atoms with E-state index in [2.05, 4.69) is 0 Å². The molecule has 0 saturated carbocycles. The van der Waals surface area contributed by atoms with E-state index in [1.54, 1.807) is 24.3 Å². The lowest BCUT2D eigenvalue weighted by Gasteiger charge is -2.30. The van der Waals surface area contributed by atoms with Crippen LogP contribution in [0.1, 0.15) is 18.4 Å². The van der Waals surface area contributed by atoms with E-state index in [9.17, 15) is 8.42 Å². The van der Waals surface area contributed by atoms with Crippen molar-refractivity contribution in [1.82, 2.24) is 4.31 Å². The summed E-state index contributed by atoms with van der Waals surface area (Å²) < 4.78 is 26.4. The van der Waals surface area contributed by atoms with Gasteiger partial charge in [0, 0.05) is 19.7 Å². The van der Waals surface area contributed by atoms with E-state index in [0.29, 0.717) is 25.9 Å². The Balaban J connectivity index is 2.12. The van der Waals surface area contributed by atoms with Gasteiger partial charge in [0.05, 0.1) is 17.4 Å². The summed E-state index contributed by atoms with van der Waals surface area (Å²) in [6.07, 6.45) is 1.67. The van der Waals surface area contributed by atoms with Crippen molar-refractivity contribution in [2.24, 2.45) is 5.92 Å². The van der Waals surface area contributed by atoms with Crippen molar-refractivity contribution < 1.29 is 13.5 Å². The van der Waals surface area contributed by atoms with Gasteiger partial charge in [-0.25, -0.2) is 8.42 Å². The second-order valence-electron chi connectivity index (χ2n) is 5.01. The van der Waals surface area contributed by atoms with Crippen molar-refractivity contribution in [3.05, 3.63) is 29.8 Å². The lowest BCUT2D eigenvalue weighted by molar-refractivity contribution is 0.170. The molecule has 108 valence electrons. The molecule has 0 amide bonds. The molecule has 0 atom stereocenters. The number of nitrogens with zero attached hydrogens (tertiary/aromatic N) is 2. The summed E-state index contributed by atoms with van der Waals surface area (Å²) in [5, 5.41) is 17.7. The molecule has 1 heterocycles. The lowest BCUT2D eigenvalue weighted by atomic mass is 10.00. The van der Waals surface area contributed by atoms with Gasteiger partial charge >= 0.3 is 0 Å². The van der Waals surface area contributed by atoms with Crippen LogP contribution in [0.3, 0.4) is 0 Å². The third kappa shape index (κ3) is 3.18. The molecule has 1 aromatic rings. The number of nitriles is 1. The molecule has 0 spiro atoms. The second kappa shape index (κ2) is 6.35. The van der Waals surface area contributed by atoms with E-state index in [4.69, 9.17) is 10.4 Å². The zero-order valence-electron chi connectivity index (χ0n) is 11.2. The average Bonchev–Trinajstić information content (AvgIpc) is 2.48. The summed E-state index contributed by atoms with van der Waals surface area (Å²) in [6, 6.07) is 8.50. The minimum atomic E-state index is -3.46. The first-order valence-corrected chi connectivity index (χ1v) is 8.09. The number of rotatable bonds is 4. The van der Waals surface area contributed by atoms with Crippen LogP contribution in [0.4, 0.5) is 0 Å². The van der Waals surface area contributed by atoms with Crippen molar-refractivity contribution in [1.29, 1.82) is 5.26 Å². The molecular weight excluding hydrogens is 276 g/mol. The van der Waals surface area contributed by atoms with E-state index in [1.807, 2.05) is 6.07 Å². The lowest BCUT2D eigenvalue weighted by Crippen LogP contribution is -2.39. The third-order valence-electron chi connectivity index (χ3n) is 3.68. The van der Waals surface area contributed by atoms with Crippen molar-refractivity contribution >= 4 is 10.0 Å². The molecule has 1 aliphatic heterocycles. The van der Waals surface area contributed by atoms with Crippen LogP contribution in [0, 0.1) is 17.2 Å². The first kappa shape index (κ1) is 15.0. The molecule has 0 unspecified atom stereocenters. The molecule has 6 heteroatoms. The summed E-state index contributed by atoms with van der Waals surface area (Å²) in [6.45, 7) is 1.03. The number of hydrogen-bond donors (Lipinski definition) is 1. The number of sulfonamides is 1. The van der Waals surface area contributed by atoms with Gasteiger partial charge < -0.3 is 5.11 Å². The van der Waals surface area contributed by atoms with Crippen LogP contribution in [0.2, 0.25) is 0 Å². The Hall–Kier alpha value is -1.42. The Labute approximate surface area is 119 Å². The van der Waals surface area contributed by atoms with E-state index >= 15 is 0 Å². The van der Waals surface area contributed by atoms with Crippen molar-refractivity contribution in [2.75, 3.05) is 19.7 Å². The van der Waals surface area contributed by atoms with Crippen molar-refractivity contribution in [3.8, 4) is 6.07 Å². The zero-order chi connectivity index (χ0) is 14.6. The molecule has 1 fully saturated rings. The van der Waals surface area contributed by atoms with Crippen molar-refractivity contribution in [3.63, 3.8) is 0 Å². The topological polar surface area (TPSA) is 81.4 Å². The van der Waals surface area contributed by atoms with E-state index < -0.39 is 10.0 Å². The molecule has 0 radical (unpaired) electrons. The third-order valence-corrected chi connectivity index (χ3v) is 5.59. The summed E-state index contributed by atoms with van der Waals surface area (Å²) in [5.41, 5.74) is 0.811. The van der Waals surface area contributed by atoms with Gasteiger partial charge in [0.2, 0.25) is 10.0 Å². The van der Waals surface area contributed by atoms with Gasteiger partial charge in [-0.05, 0) is 36.5 Å². The maximum absolute atomic E-state index is 12.4. The number of hydrogen-bond acceptors (Lipinski definition) is 4. The minimum absolute atomic E-state index is 0.122. The minimum Gasteiger partial charge on any atom is -0.396 e. The molecule has 1 aromatic carbocycles. The van der Waals surface area contributed by atoms with Crippen LogP contribution in [0.25, 0.3) is 0 Å². The van der Waals surface area contributed by atoms with Gasteiger partial charge in [-0.3, -0.25) is 0 Å². The highest BCUT2D eigenvalue weighted by atomic mass is 32.2. The fourth-order valence-corrected chi connectivity index (χ4v) is 3.82. The van der Waals surface area contributed by atoms with Crippen LogP contribution < -0.4 is 0 Å². The molecule has 1 aliphatic rings. The normalized spacial score (nSPS) is 17.8. The molecule has 5 nitrogen and oxygen atoms in total. The number of aliphatic hydroxyl groups is 1. The summed E-state index contributed by atoms with van der Waals surface area (Å²) in [5.74, 6) is 0.208. The molecule has 20 heavy (non-hydrogen) atoms. The fraction of sp³-hybridized carbons (Fsp3) is 0.500. The van der Waals surface area contributed by atoms with Crippen LogP contribution >= 0.6 is 0 Å². The van der Waals surface area contributed by atoms with Crippen LogP contribution in [0.15, 0.2) is 29.2 Å². The quantitative estimate of drug-likeness (QED) is 0.903. The van der Waals surface area contributed by atoms with Crippen molar-refractivity contribution in [2.45, 2.75) is 24.2 Å². The number of benzene rings is 1. The van der Waals surface area contributed by atoms with Gasteiger partial charge in [-0.1, -0.05) is 12.1 Å². The highest BCUT2D eigenvalue weighted by Crippen LogP contribution is 2.23. The summed E-state index contributed by atoms with van der Waals surface area (Å²) >= 11 is 0. The Morgan fingerprint density at radius 2 is 1.85 bits per heavy atom. The summed E-state index contributed by atoms with van der Waals surface area (Å²) in [7, 11) is -3.46. The van der Waals surface area contributed by atoms with Crippen LogP contribution in [0.5, 0.6) is 0 Å². The average molecular weight is 294 g/mol. The van der Waals surface area contributed by atoms with Crippen LogP contribution in [-0.2, 0) is 16.4 Å². The number of aliphatic hydroxyl groups excluding tert-OH is 1. The maximum Gasteiger partial charge on any atom is 0.243 e. The molecule has 2 rings (SSSR count). The Morgan fingerprint density at radius 3 is 2.35 bits per heavy atom. The standard InChI is InChI=1S/C14H18N2O3S/c15-8-5-12-1-3-14(4-2-12)20(18,19)16-9-6-13(11-17)7-10-16/h1-4,13,17H,5-7,9-11H2. The van der Waals surface area contributed by atoms with Gasteiger partial charge in [-0.2, -0.15) is 9.57 Å². The summed E-state index contributed by atoms with van der Waals surface area (Å²) in [4.78, 5) is 0.265. The highest BCUT2D eigenvalue weighted by molar-refractivity contribution is 7.89. The zero-order valence-corrected chi connectivity index (χ0v) is 12.0. The number of piperidine rings is 1. The van der Waals surface area contributed by atoms with Gasteiger partial charge in [-0.15, -0.1) is 0 Å². The monoisotopic (exact) mass is 294 g/mol. The second-order valence-corrected chi connectivity index (χ2v) is 6.95. The molecule has 0 bridgehead atoms. The highest BCUT2D eigenvalue weighted by Gasteiger charge is 2.28.